The Labute approximate surface area is 228 Å². The van der Waals surface area contributed by atoms with Gasteiger partial charge >= 0.3 is 0 Å². The number of nitrogens with one attached hydrogen (secondary N) is 2. The molecule has 0 saturated carbocycles. The van der Waals surface area contributed by atoms with Crippen LogP contribution in [0.4, 0.5) is 5.69 Å². The summed E-state index contributed by atoms with van der Waals surface area (Å²) in [6.07, 6.45) is 1.50. The average Bonchev–Trinajstić information content (AvgIpc) is 2.84. The number of carbonyl (C=O) groups excluding carboxylic acids is 2. The molecule has 0 fully saturated rings. The maximum absolute atomic E-state index is 12.3. The van der Waals surface area contributed by atoms with Gasteiger partial charge in [0.15, 0.2) is 23.3 Å². The highest BCUT2D eigenvalue weighted by Crippen LogP contribution is 2.33. The normalized spacial score (nSPS) is 10.8. The third kappa shape index (κ3) is 9.18. The van der Waals surface area contributed by atoms with Crippen LogP contribution < -0.4 is 20.2 Å². The first-order valence-electron chi connectivity index (χ1n) is 11.5. The third-order valence-electron chi connectivity index (χ3n) is 4.74. The minimum atomic E-state index is -0.292. The van der Waals surface area contributed by atoms with Crippen LogP contribution >= 0.6 is 27.7 Å². The lowest BCUT2D eigenvalue weighted by Crippen LogP contribution is -2.20. The van der Waals surface area contributed by atoms with Crippen molar-refractivity contribution in [1.82, 2.24) is 15.4 Å². The maximum Gasteiger partial charge on any atom is 0.262 e. The van der Waals surface area contributed by atoms with Gasteiger partial charge in [0.1, 0.15) is 0 Å². The first kappa shape index (κ1) is 28.1. The van der Waals surface area contributed by atoms with Crippen LogP contribution in [0.25, 0.3) is 0 Å². The predicted octanol–water partition coefficient (Wildman–Crippen LogP) is 4.82. The van der Waals surface area contributed by atoms with Crippen molar-refractivity contribution < 1.29 is 19.1 Å². The molecular formula is C26H28BrN5O4S. The van der Waals surface area contributed by atoms with Gasteiger partial charge in [-0.2, -0.15) is 5.10 Å². The second-order valence-corrected chi connectivity index (χ2v) is 9.77. The average molecular weight is 587 g/mol. The molecule has 0 aliphatic heterocycles. The molecule has 37 heavy (non-hydrogen) atoms. The molecule has 2 amide bonds. The number of amides is 2. The molecule has 2 N–H and O–H groups in total. The molecule has 9 nitrogen and oxygen atoms in total. The Morgan fingerprint density at radius 2 is 1.68 bits per heavy atom. The SMILES string of the molecule is CCOc1cc(/C=N\NC(=O)CSc2nc(C)cc(C)n2)c(Br)cc1OCC(=O)Nc1ccc(C)cc1. The number of nitrogens with zero attached hydrogens (tertiary/aromatic N) is 3. The highest BCUT2D eigenvalue weighted by atomic mass is 79.9. The molecule has 194 valence electrons. The first-order chi connectivity index (χ1) is 17.7. The molecule has 3 rings (SSSR count). The Balaban J connectivity index is 1.57. The molecule has 2 aromatic carbocycles. The van der Waals surface area contributed by atoms with Crippen molar-refractivity contribution in [2.24, 2.45) is 5.10 Å². The van der Waals surface area contributed by atoms with Crippen LogP contribution in [-0.2, 0) is 9.59 Å². The second-order valence-electron chi connectivity index (χ2n) is 7.97. The molecule has 0 unspecified atom stereocenters. The molecule has 0 bridgehead atoms. The minimum absolute atomic E-state index is 0.128. The zero-order valence-electron chi connectivity index (χ0n) is 21.0. The van der Waals surface area contributed by atoms with Gasteiger partial charge in [-0.25, -0.2) is 15.4 Å². The van der Waals surface area contributed by atoms with E-state index in [4.69, 9.17) is 9.47 Å². The van der Waals surface area contributed by atoms with Crippen LogP contribution in [0.15, 0.2) is 57.2 Å². The number of anilines is 1. The Bertz CT molecular complexity index is 1260. The molecule has 0 aliphatic carbocycles. The van der Waals surface area contributed by atoms with E-state index < -0.39 is 0 Å². The van der Waals surface area contributed by atoms with Gasteiger partial charge in [-0.1, -0.05) is 29.5 Å². The number of aromatic nitrogens is 2. The summed E-state index contributed by atoms with van der Waals surface area (Å²) in [5.41, 5.74) is 6.66. The third-order valence-corrected chi connectivity index (χ3v) is 6.28. The summed E-state index contributed by atoms with van der Waals surface area (Å²) in [6.45, 7) is 7.80. The van der Waals surface area contributed by atoms with Crippen molar-refractivity contribution in [2.45, 2.75) is 32.9 Å². The number of rotatable bonds is 11. The number of hydrogen-bond donors (Lipinski definition) is 2. The van der Waals surface area contributed by atoms with Gasteiger partial charge < -0.3 is 14.8 Å². The molecule has 0 aliphatic rings. The number of hydrazone groups is 1. The number of hydrogen-bond acceptors (Lipinski definition) is 8. The summed E-state index contributed by atoms with van der Waals surface area (Å²) >= 11 is 4.72. The molecule has 1 heterocycles. The summed E-state index contributed by atoms with van der Waals surface area (Å²) in [7, 11) is 0. The van der Waals surface area contributed by atoms with Crippen LogP contribution in [0.1, 0.15) is 29.4 Å². The number of ether oxygens (including phenoxy) is 2. The monoisotopic (exact) mass is 585 g/mol. The van der Waals surface area contributed by atoms with E-state index >= 15 is 0 Å². The van der Waals surface area contributed by atoms with E-state index in [9.17, 15) is 9.59 Å². The van der Waals surface area contributed by atoms with E-state index in [1.807, 2.05) is 58.0 Å². The lowest BCUT2D eigenvalue weighted by molar-refractivity contribution is -0.119. The van der Waals surface area contributed by atoms with Gasteiger partial charge in [0, 0.05) is 27.1 Å². The number of halogens is 1. The van der Waals surface area contributed by atoms with Crippen molar-refractivity contribution in [1.29, 1.82) is 0 Å². The smallest absolute Gasteiger partial charge is 0.262 e. The van der Waals surface area contributed by atoms with E-state index in [1.54, 1.807) is 12.1 Å². The van der Waals surface area contributed by atoms with E-state index in [1.165, 1.54) is 18.0 Å². The summed E-state index contributed by atoms with van der Waals surface area (Å²) in [6, 6.07) is 12.8. The lowest BCUT2D eigenvalue weighted by atomic mass is 10.2. The summed E-state index contributed by atoms with van der Waals surface area (Å²) < 4.78 is 12.1. The Kier molecular flexibility index (Phi) is 10.5. The van der Waals surface area contributed by atoms with Crippen LogP contribution in [0.2, 0.25) is 0 Å². The molecular weight excluding hydrogens is 558 g/mol. The Morgan fingerprint density at radius 1 is 1.00 bits per heavy atom. The number of carbonyl (C=O) groups is 2. The maximum atomic E-state index is 12.3. The molecule has 3 aromatic rings. The summed E-state index contributed by atoms with van der Waals surface area (Å²) in [4.78, 5) is 33.1. The Hall–Kier alpha value is -3.44. The van der Waals surface area contributed by atoms with Gasteiger partial charge in [-0.05, 0) is 74.0 Å². The topological polar surface area (TPSA) is 115 Å². The molecule has 1 aromatic heterocycles. The van der Waals surface area contributed by atoms with Gasteiger partial charge in [0.2, 0.25) is 0 Å². The fourth-order valence-electron chi connectivity index (χ4n) is 3.10. The van der Waals surface area contributed by atoms with E-state index in [0.29, 0.717) is 39.0 Å². The summed E-state index contributed by atoms with van der Waals surface area (Å²) in [5, 5.41) is 7.38. The van der Waals surface area contributed by atoms with Gasteiger partial charge in [0.25, 0.3) is 11.8 Å². The second kappa shape index (κ2) is 13.8. The van der Waals surface area contributed by atoms with E-state index in [0.717, 1.165) is 17.0 Å². The van der Waals surface area contributed by atoms with Crippen LogP contribution in [0.5, 0.6) is 11.5 Å². The standard InChI is InChI=1S/C26H28BrN5O4S/c1-5-35-22-11-19(13-28-32-25(34)15-37-26-29-17(3)10-18(4)30-26)21(27)12-23(22)36-14-24(33)31-20-8-6-16(2)7-9-20/h6-13H,5,14-15H2,1-4H3,(H,31,33)(H,32,34)/b28-13-. The van der Waals surface area contributed by atoms with Crippen molar-refractivity contribution >= 4 is 51.4 Å². The van der Waals surface area contributed by atoms with Crippen molar-refractivity contribution in [3.05, 3.63) is 69.5 Å². The quantitative estimate of drug-likeness (QED) is 0.143. The molecule has 0 radical (unpaired) electrons. The fraction of sp³-hybridized carbons (Fsp3) is 0.269. The largest absolute Gasteiger partial charge is 0.490 e. The van der Waals surface area contributed by atoms with E-state index in [-0.39, 0.29) is 24.2 Å². The van der Waals surface area contributed by atoms with Crippen LogP contribution in [0.3, 0.4) is 0 Å². The minimum Gasteiger partial charge on any atom is -0.490 e. The zero-order chi connectivity index (χ0) is 26.8. The highest BCUT2D eigenvalue weighted by molar-refractivity contribution is 9.10. The molecule has 0 saturated heterocycles. The predicted molar refractivity (Wildman–Crippen MR) is 149 cm³/mol. The number of benzene rings is 2. The van der Waals surface area contributed by atoms with Gasteiger partial charge in [0.05, 0.1) is 18.6 Å². The molecule has 0 spiro atoms. The fourth-order valence-corrected chi connectivity index (χ4v) is 4.27. The number of thioether (sulfide) groups is 1. The molecule has 0 atom stereocenters. The highest BCUT2D eigenvalue weighted by Gasteiger charge is 2.13. The first-order valence-corrected chi connectivity index (χ1v) is 13.2. The molecule has 11 heteroatoms. The van der Waals surface area contributed by atoms with Gasteiger partial charge in [-0.3, -0.25) is 9.59 Å². The van der Waals surface area contributed by atoms with Crippen molar-refractivity contribution in [3.8, 4) is 11.5 Å². The van der Waals surface area contributed by atoms with E-state index in [2.05, 4.69) is 41.7 Å². The van der Waals surface area contributed by atoms with Crippen molar-refractivity contribution in [2.75, 3.05) is 24.3 Å². The van der Waals surface area contributed by atoms with Gasteiger partial charge in [-0.15, -0.1) is 0 Å². The van der Waals surface area contributed by atoms with Crippen molar-refractivity contribution in [3.63, 3.8) is 0 Å². The van der Waals surface area contributed by atoms with Crippen LogP contribution in [0, 0.1) is 20.8 Å². The number of aryl methyl sites for hydroxylation is 3. The summed E-state index contributed by atoms with van der Waals surface area (Å²) in [5.74, 6) is 0.399. The Morgan fingerprint density at radius 3 is 2.35 bits per heavy atom. The zero-order valence-corrected chi connectivity index (χ0v) is 23.4. The lowest BCUT2D eigenvalue weighted by Gasteiger charge is -2.14. The van der Waals surface area contributed by atoms with Crippen LogP contribution in [-0.4, -0.2) is 47.0 Å².